The van der Waals surface area contributed by atoms with E-state index >= 15 is 0 Å². The van der Waals surface area contributed by atoms with Gasteiger partial charge in [0.15, 0.2) is 0 Å². The lowest BCUT2D eigenvalue weighted by Crippen LogP contribution is -2.12. The number of rotatable bonds is 7. The van der Waals surface area contributed by atoms with Crippen LogP contribution in [-0.2, 0) is 13.6 Å². The van der Waals surface area contributed by atoms with E-state index in [1.165, 1.54) is 0 Å². The number of halogens is 2. The van der Waals surface area contributed by atoms with Gasteiger partial charge in [-0.3, -0.25) is 4.57 Å². The molecule has 1 rings (SSSR count). The first-order valence-corrected chi connectivity index (χ1v) is 7.41. The van der Waals surface area contributed by atoms with E-state index in [2.05, 4.69) is 0 Å². The van der Waals surface area contributed by atoms with Crippen LogP contribution in [0.25, 0.3) is 0 Å². The van der Waals surface area contributed by atoms with Crippen LogP contribution in [0.15, 0.2) is 30.3 Å². The lowest BCUT2D eigenvalue weighted by molar-refractivity contribution is 0.232. The maximum absolute atomic E-state index is 12.4. The van der Waals surface area contributed by atoms with Crippen LogP contribution in [0.4, 0.5) is 0 Å². The van der Waals surface area contributed by atoms with Crippen molar-refractivity contribution in [1.29, 1.82) is 0 Å². The fourth-order valence-electron chi connectivity index (χ4n) is 1.11. The monoisotopic (exact) mass is 282 g/mol. The SMILES string of the molecule is O=P(OCCCl)(OCCCl)c1ccccc1. The molecular formula is C10H13Cl2O3P. The van der Waals surface area contributed by atoms with Crippen LogP contribution in [0.2, 0.25) is 0 Å². The molecule has 0 fully saturated rings. The van der Waals surface area contributed by atoms with Crippen LogP contribution in [0.1, 0.15) is 0 Å². The van der Waals surface area contributed by atoms with Crippen molar-refractivity contribution in [2.45, 2.75) is 0 Å². The summed E-state index contributed by atoms with van der Waals surface area (Å²) in [6, 6.07) is 8.77. The predicted octanol–water partition coefficient (Wildman–Crippen LogP) is 3.02. The summed E-state index contributed by atoms with van der Waals surface area (Å²) < 4.78 is 22.8. The zero-order valence-electron chi connectivity index (χ0n) is 8.64. The van der Waals surface area contributed by atoms with Gasteiger partial charge in [-0.05, 0) is 12.1 Å². The highest BCUT2D eigenvalue weighted by molar-refractivity contribution is 7.62. The zero-order valence-corrected chi connectivity index (χ0v) is 11.0. The summed E-state index contributed by atoms with van der Waals surface area (Å²) in [5, 5.41) is 0.519. The number of alkyl halides is 2. The molecule has 0 saturated heterocycles. The predicted molar refractivity (Wildman–Crippen MR) is 67.0 cm³/mol. The van der Waals surface area contributed by atoms with E-state index < -0.39 is 7.60 Å². The van der Waals surface area contributed by atoms with Gasteiger partial charge < -0.3 is 9.05 Å². The number of hydrogen-bond donors (Lipinski definition) is 0. The fraction of sp³-hybridized carbons (Fsp3) is 0.400. The van der Waals surface area contributed by atoms with Crippen molar-refractivity contribution >= 4 is 36.1 Å². The lowest BCUT2D eigenvalue weighted by Gasteiger charge is -2.17. The topological polar surface area (TPSA) is 35.5 Å². The minimum Gasteiger partial charge on any atom is -0.304 e. The van der Waals surface area contributed by atoms with Gasteiger partial charge in [0, 0.05) is 11.8 Å². The van der Waals surface area contributed by atoms with Crippen LogP contribution >= 0.6 is 30.8 Å². The molecule has 16 heavy (non-hydrogen) atoms. The third-order valence-corrected chi connectivity index (χ3v) is 4.03. The van der Waals surface area contributed by atoms with E-state index in [0.29, 0.717) is 5.30 Å². The summed E-state index contributed by atoms with van der Waals surface area (Å²) in [5.74, 6) is 0.530. The second-order valence-corrected chi connectivity index (χ2v) is 5.66. The molecule has 0 radical (unpaired) electrons. The molecule has 0 N–H and O–H groups in total. The molecule has 1 aromatic rings. The molecule has 0 aliphatic carbocycles. The van der Waals surface area contributed by atoms with Gasteiger partial charge >= 0.3 is 7.60 Å². The second kappa shape index (κ2) is 7.31. The summed E-state index contributed by atoms with van der Waals surface area (Å²) in [7, 11) is -3.27. The molecule has 0 atom stereocenters. The molecule has 0 aromatic heterocycles. The first-order chi connectivity index (χ1) is 7.73. The highest BCUT2D eigenvalue weighted by Crippen LogP contribution is 2.46. The zero-order chi connectivity index (χ0) is 11.9. The average Bonchev–Trinajstić information content (AvgIpc) is 2.35. The molecule has 0 unspecified atom stereocenters. The lowest BCUT2D eigenvalue weighted by atomic mass is 10.4. The molecule has 3 nitrogen and oxygen atoms in total. The average molecular weight is 283 g/mol. The molecular weight excluding hydrogens is 270 g/mol. The molecule has 0 aliphatic rings. The summed E-state index contributed by atoms with van der Waals surface area (Å²) >= 11 is 11.0. The van der Waals surface area contributed by atoms with Crippen molar-refractivity contribution in [1.82, 2.24) is 0 Å². The van der Waals surface area contributed by atoms with E-state index in [1.807, 2.05) is 6.07 Å². The van der Waals surface area contributed by atoms with Gasteiger partial charge in [0.25, 0.3) is 0 Å². The van der Waals surface area contributed by atoms with Crippen molar-refractivity contribution in [3.05, 3.63) is 30.3 Å². The Morgan fingerprint density at radius 3 is 1.94 bits per heavy atom. The molecule has 90 valence electrons. The normalized spacial score (nSPS) is 11.6. The van der Waals surface area contributed by atoms with E-state index in [1.54, 1.807) is 24.3 Å². The molecule has 6 heteroatoms. The van der Waals surface area contributed by atoms with Gasteiger partial charge in [0.2, 0.25) is 0 Å². The highest BCUT2D eigenvalue weighted by atomic mass is 35.5. The quantitative estimate of drug-likeness (QED) is 0.570. The number of hydrogen-bond acceptors (Lipinski definition) is 3. The Hall–Kier alpha value is -0.0500. The molecule has 0 saturated carbocycles. The smallest absolute Gasteiger partial charge is 0.304 e. The minimum absolute atomic E-state index is 0.177. The first kappa shape index (κ1) is 14.0. The Bertz CT molecular complexity index is 333. The Kier molecular flexibility index (Phi) is 6.40. The van der Waals surface area contributed by atoms with Crippen molar-refractivity contribution in [2.24, 2.45) is 0 Å². The van der Waals surface area contributed by atoms with Gasteiger partial charge in [-0.1, -0.05) is 18.2 Å². The summed E-state index contributed by atoms with van der Waals surface area (Å²) in [6.07, 6.45) is 0. The Morgan fingerprint density at radius 2 is 1.50 bits per heavy atom. The van der Waals surface area contributed by atoms with Crippen LogP contribution < -0.4 is 5.30 Å². The van der Waals surface area contributed by atoms with Crippen LogP contribution in [0, 0.1) is 0 Å². The summed E-state index contributed by atoms with van der Waals surface area (Å²) in [5.41, 5.74) is 0. The van der Waals surface area contributed by atoms with E-state index in [-0.39, 0.29) is 25.0 Å². The first-order valence-electron chi connectivity index (χ1n) is 4.79. The van der Waals surface area contributed by atoms with Gasteiger partial charge in [-0.25, -0.2) is 0 Å². The third kappa shape index (κ3) is 4.08. The van der Waals surface area contributed by atoms with Crippen LogP contribution in [0.3, 0.4) is 0 Å². The molecule has 0 spiro atoms. The molecule has 0 heterocycles. The van der Waals surface area contributed by atoms with Crippen molar-refractivity contribution < 1.29 is 13.6 Å². The van der Waals surface area contributed by atoms with E-state index in [0.717, 1.165) is 0 Å². The van der Waals surface area contributed by atoms with Crippen LogP contribution in [-0.4, -0.2) is 25.0 Å². The van der Waals surface area contributed by atoms with Gasteiger partial charge in [0.05, 0.1) is 18.5 Å². The van der Waals surface area contributed by atoms with Crippen molar-refractivity contribution in [2.75, 3.05) is 25.0 Å². The Labute approximate surface area is 105 Å². The van der Waals surface area contributed by atoms with Crippen molar-refractivity contribution in [3.63, 3.8) is 0 Å². The molecule has 0 amide bonds. The fourth-order valence-corrected chi connectivity index (χ4v) is 3.05. The highest BCUT2D eigenvalue weighted by Gasteiger charge is 2.26. The van der Waals surface area contributed by atoms with Crippen molar-refractivity contribution in [3.8, 4) is 0 Å². The third-order valence-electron chi connectivity index (χ3n) is 1.75. The molecule has 1 aromatic carbocycles. The van der Waals surface area contributed by atoms with Gasteiger partial charge in [-0.2, -0.15) is 0 Å². The largest absolute Gasteiger partial charge is 0.361 e. The second-order valence-electron chi connectivity index (χ2n) is 2.88. The molecule has 0 bridgehead atoms. The van der Waals surface area contributed by atoms with Crippen LogP contribution in [0.5, 0.6) is 0 Å². The van der Waals surface area contributed by atoms with E-state index in [4.69, 9.17) is 32.2 Å². The van der Waals surface area contributed by atoms with E-state index in [9.17, 15) is 4.57 Å². The molecule has 0 aliphatic heterocycles. The summed E-state index contributed by atoms with van der Waals surface area (Å²) in [6.45, 7) is 0.353. The van der Waals surface area contributed by atoms with Gasteiger partial charge in [-0.15, -0.1) is 23.2 Å². The standard InChI is InChI=1S/C10H13Cl2O3P/c11-6-8-14-16(13,15-9-7-12)10-4-2-1-3-5-10/h1-5H,6-9H2. The minimum atomic E-state index is -3.27. The maximum Gasteiger partial charge on any atom is 0.361 e. The Morgan fingerprint density at radius 1 is 1.00 bits per heavy atom. The number of benzene rings is 1. The summed E-state index contributed by atoms with van der Waals surface area (Å²) in [4.78, 5) is 0. The van der Waals surface area contributed by atoms with Gasteiger partial charge in [0.1, 0.15) is 0 Å². The Balaban J connectivity index is 2.82. The maximum atomic E-state index is 12.4.